The molecule has 6 heteroatoms. The van der Waals surface area contributed by atoms with Gasteiger partial charge in [-0.05, 0) is 68.4 Å². The summed E-state index contributed by atoms with van der Waals surface area (Å²) in [5, 5.41) is 3.50. The van der Waals surface area contributed by atoms with Crippen LogP contribution in [-0.4, -0.2) is 22.9 Å². The molecule has 1 N–H and O–H groups in total. The van der Waals surface area contributed by atoms with Crippen LogP contribution in [0.5, 0.6) is 0 Å². The van der Waals surface area contributed by atoms with E-state index in [0.29, 0.717) is 11.6 Å². The van der Waals surface area contributed by atoms with Crippen molar-refractivity contribution >= 4 is 34.8 Å². The lowest BCUT2D eigenvalue weighted by Crippen LogP contribution is -2.28. The maximum Gasteiger partial charge on any atom is 0.229 e. The summed E-state index contributed by atoms with van der Waals surface area (Å²) in [6.45, 7) is 4.47. The molecule has 3 aromatic rings. The maximum absolute atomic E-state index is 12.7. The summed E-state index contributed by atoms with van der Waals surface area (Å²) in [6.07, 6.45) is 0.193. The van der Waals surface area contributed by atoms with Crippen molar-refractivity contribution < 1.29 is 9.59 Å². The zero-order valence-corrected chi connectivity index (χ0v) is 17.1. The van der Waals surface area contributed by atoms with Gasteiger partial charge in [0.1, 0.15) is 0 Å². The van der Waals surface area contributed by atoms with Crippen LogP contribution >= 0.6 is 11.6 Å². The molecule has 1 aromatic heterocycles. The number of nitrogens with zero attached hydrogens (tertiary/aromatic N) is 2. The van der Waals surface area contributed by atoms with Gasteiger partial charge in [-0.15, -0.1) is 0 Å². The molecule has 1 saturated heterocycles. The maximum atomic E-state index is 12.7. The van der Waals surface area contributed by atoms with Crippen LogP contribution < -0.4 is 10.2 Å². The molecular weight excluding hydrogens is 386 g/mol. The number of hydrogen-bond donors (Lipinski definition) is 1. The number of rotatable bonds is 4. The molecule has 1 aliphatic heterocycles. The first kappa shape index (κ1) is 19.3. The second-order valence-electron chi connectivity index (χ2n) is 7.37. The van der Waals surface area contributed by atoms with E-state index in [4.69, 9.17) is 11.6 Å². The number of nitrogens with one attached hydrogen (secondary N) is 1. The minimum absolute atomic E-state index is 0.0682. The first-order chi connectivity index (χ1) is 13.9. The average molecular weight is 408 g/mol. The van der Waals surface area contributed by atoms with Crippen molar-refractivity contribution in [2.75, 3.05) is 16.8 Å². The van der Waals surface area contributed by atoms with Crippen LogP contribution in [0.25, 0.3) is 5.69 Å². The molecule has 1 fully saturated rings. The lowest BCUT2D eigenvalue weighted by molar-refractivity contribution is -0.122. The molecule has 2 heterocycles. The van der Waals surface area contributed by atoms with Gasteiger partial charge in [-0.2, -0.15) is 0 Å². The highest BCUT2D eigenvalue weighted by molar-refractivity contribution is 6.31. The Hall–Kier alpha value is -3.05. The minimum Gasteiger partial charge on any atom is -0.326 e. The van der Waals surface area contributed by atoms with Gasteiger partial charge < -0.3 is 14.8 Å². The van der Waals surface area contributed by atoms with E-state index in [1.54, 1.807) is 23.1 Å². The molecule has 0 radical (unpaired) electrons. The molecule has 0 spiro atoms. The van der Waals surface area contributed by atoms with Crippen molar-refractivity contribution in [2.24, 2.45) is 5.92 Å². The molecule has 29 heavy (non-hydrogen) atoms. The highest BCUT2D eigenvalue weighted by Crippen LogP contribution is 2.28. The summed E-state index contributed by atoms with van der Waals surface area (Å²) in [5.41, 5.74) is 4.80. The zero-order chi connectivity index (χ0) is 20.5. The van der Waals surface area contributed by atoms with Crippen LogP contribution in [0.1, 0.15) is 17.8 Å². The van der Waals surface area contributed by atoms with E-state index < -0.39 is 5.92 Å². The Labute approximate surface area is 174 Å². The fourth-order valence-electron chi connectivity index (χ4n) is 3.79. The first-order valence-electron chi connectivity index (χ1n) is 9.54. The Balaban J connectivity index is 1.44. The van der Waals surface area contributed by atoms with Crippen molar-refractivity contribution in [1.29, 1.82) is 0 Å². The summed E-state index contributed by atoms with van der Waals surface area (Å²) in [5.74, 6) is -0.611. The van der Waals surface area contributed by atoms with Crippen molar-refractivity contribution in [2.45, 2.75) is 20.3 Å². The third-order valence-electron chi connectivity index (χ3n) is 5.28. The van der Waals surface area contributed by atoms with Gasteiger partial charge in [-0.25, -0.2) is 0 Å². The van der Waals surface area contributed by atoms with E-state index in [2.05, 4.69) is 35.9 Å². The lowest BCUT2D eigenvalue weighted by Gasteiger charge is -2.17. The summed E-state index contributed by atoms with van der Waals surface area (Å²) < 4.78 is 2.16. The fourth-order valence-corrected chi connectivity index (χ4v) is 3.98. The number of anilines is 2. The van der Waals surface area contributed by atoms with Gasteiger partial charge in [0.05, 0.1) is 5.92 Å². The van der Waals surface area contributed by atoms with E-state index in [1.807, 2.05) is 30.3 Å². The monoisotopic (exact) mass is 407 g/mol. The van der Waals surface area contributed by atoms with E-state index in [-0.39, 0.29) is 18.2 Å². The number of halogens is 1. The van der Waals surface area contributed by atoms with Crippen molar-refractivity contribution in [3.63, 3.8) is 0 Å². The Kier molecular flexibility index (Phi) is 5.16. The quantitative estimate of drug-likeness (QED) is 0.679. The predicted octanol–water partition coefficient (Wildman–Crippen LogP) is 4.74. The number of aryl methyl sites for hydroxylation is 2. The van der Waals surface area contributed by atoms with Gasteiger partial charge in [-0.3, -0.25) is 9.59 Å². The highest BCUT2D eigenvalue weighted by Gasteiger charge is 2.35. The number of amides is 2. The van der Waals surface area contributed by atoms with E-state index in [1.165, 1.54) is 0 Å². The van der Waals surface area contributed by atoms with E-state index >= 15 is 0 Å². The van der Waals surface area contributed by atoms with Gasteiger partial charge in [0, 0.05) is 46.4 Å². The third kappa shape index (κ3) is 3.91. The molecule has 0 bridgehead atoms. The van der Waals surface area contributed by atoms with E-state index in [0.717, 1.165) is 28.5 Å². The number of carbonyl (C=O) groups excluding carboxylic acids is 2. The van der Waals surface area contributed by atoms with Crippen molar-refractivity contribution in [3.05, 3.63) is 77.1 Å². The molecular formula is C23H22ClN3O2. The highest BCUT2D eigenvalue weighted by atomic mass is 35.5. The summed E-state index contributed by atoms with van der Waals surface area (Å²) in [6, 6.07) is 19.0. The SMILES string of the molecule is Cc1ccc(C)n1-c1ccc(NC(=O)[C@H]2CC(=O)N(c3cccc(Cl)c3)C2)cc1. The van der Waals surface area contributed by atoms with Crippen LogP contribution in [0.15, 0.2) is 60.7 Å². The molecule has 4 rings (SSSR count). The minimum atomic E-state index is -0.393. The van der Waals surface area contributed by atoms with Crippen molar-refractivity contribution in [3.8, 4) is 5.69 Å². The van der Waals surface area contributed by atoms with Crippen molar-refractivity contribution in [1.82, 2.24) is 4.57 Å². The van der Waals surface area contributed by atoms with Gasteiger partial charge in [0.25, 0.3) is 0 Å². The van der Waals surface area contributed by atoms with Gasteiger partial charge in [0.2, 0.25) is 11.8 Å². The molecule has 148 valence electrons. The smallest absolute Gasteiger partial charge is 0.229 e. The second kappa shape index (κ2) is 7.76. The number of aromatic nitrogens is 1. The Morgan fingerprint density at radius 3 is 2.34 bits per heavy atom. The molecule has 2 aromatic carbocycles. The molecule has 1 aliphatic rings. The topological polar surface area (TPSA) is 54.3 Å². The summed E-state index contributed by atoms with van der Waals surface area (Å²) in [7, 11) is 0. The molecule has 1 atom stereocenters. The Morgan fingerprint density at radius 2 is 1.69 bits per heavy atom. The van der Waals surface area contributed by atoms with Crippen LogP contribution in [0.3, 0.4) is 0 Å². The average Bonchev–Trinajstić information content (AvgIpc) is 3.25. The third-order valence-corrected chi connectivity index (χ3v) is 5.51. The second-order valence-corrected chi connectivity index (χ2v) is 7.81. The Morgan fingerprint density at radius 1 is 1.00 bits per heavy atom. The summed E-state index contributed by atoms with van der Waals surface area (Å²) in [4.78, 5) is 26.7. The van der Waals surface area contributed by atoms with Gasteiger partial charge in [-0.1, -0.05) is 17.7 Å². The van der Waals surface area contributed by atoms with Crippen LogP contribution in [0, 0.1) is 19.8 Å². The normalized spacial score (nSPS) is 16.3. The van der Waals surface area contributed by atoms with Gasteiger partial charge >= 0.3 is 0 Å². The molecule has 2 amide bonds. The number of hydrogen-bond acceptors (Lipinski definition) is 2. The van der Waals surface area contributed by atoms with E-state index in [9.17, 15) is 9.59 Å². The van der Waals surface area contributed by atoms with Crippen LogP contribution in [-0.2, 0) is 9.59 Å². The van der Waals surface area contributed by atoms with Crippen LogP contribution in [0.2, 0.25) is 5.02 Å². The largest absolute Gasteiger partial charge is 0.326 e. The van der Waals surface area contributed by atoms with Gasteiger partial charge in [0.15, 0.2) is 0 Å². The molecule has 0 saturated carbocycles. The predicted molar refractivity (Wildman–Crippen MR) is 116 cm³/mol. The number of carbonyl (C=O) groups is 2. The molecule has 0 unspecified atom stereocenters. The standard InChI is InChI=1S/C23H22ClN3O2/c1-15-6-7-16(2)27(15)20-10-8-19(9-11-20)25-23(29)17-12-22(28)26(14-17)21-5-3-4-18(24)13-21/h3-11,13,17H,12,14H2,1-2H3,(H,25,29)/t17-/m0/s1. The summed E-state index contributed by atoms with van der Waals surface area (Å²) >= 11 is 6.03. The molecule has 0 aliphatic carbocycles. The van der Waals surface area contributed by atoms with Crippen LogP contribution in [0.4, 0.5) is 11.4 Å². The molecule has 5 nitrogen and oxygen atoms in total. The zero-order valence-electron chi connectivity index (χ0n) is 16.4. The lowest BCUT2D eigenvalue weighted by atomic mass is 10.1. The number of benzene rings is 2. The fraction of sp³-hybridized carbons (Fsp3) is 0.217. The Bertz CT molecular complexity index is 1050. The first-order valence-corrected chi connectivity index (χ1v) is 9.92.